The van der Waals surface area contributed by atoms with Crippen LogP contribution in [0.5, 0.6) is 5.75 Å². The molecular formula is C14H13N5OS. The fourth-order valence-corrected chi connectivity index (χ4v) is 3.30. The van der Waals surface area contributed by atoms with E-state index in [4.69, 9.17) is 10.5 Å². The monoisotopic (exact) mass is 299 g/mol. The highest BCUT2D eigenvalue weighted by atomic mass is 32.2. The zero-order valence-corrected chi connectivity index (χ0v) is 12.2. The average molecular weight is 299 g/mol. The number of nitrogens with zero attached hydrogens (tertiary/aromatic N) is 3. The summed E-state index contributed by atoms with van der Waals surface area (Å²) in [5.41, 5.74) is 9.56. The van der Waals surface area contributed by atoms with Gasteiger partial charge in [-0.05, 0) is 24.1 Å². The van der Waals surface area contributed by atoms with Crippen LogP contribution in [-0.2, 0) is 6.42 Å². The number of H-pyrrole nitrogens is 1. The zero-order chi connectivity index (χ0) is 14.4. The molecule has 0 bridgehead atoms. The highest BCUT2D eigenvalue weighted by molar-refractivity contribution is 7.99. The van der Waals surface area contributed by atoms with Gasteiger partial charge in [-0.1, -0.05) is 17.8 Å². The van der Waals surface area contributed by atoms with Crippen molar-refractivity contribution in [1.82, 2.24) is 19.9 Å². The van der Waals surface area contributed by atoms with E-state index in [9.17, 15) is 0 Å². The third kappa shape index (κ3) is 2.09. The lowest BCUT2D eigenvalue weighted by Crippen LogP contribution is -1.91. The summed E-state index contributed by atoms with van der Waals surface area (Å²) in [5, 5.41) is 0.748. The fourth-order valence-electron chi connectivity index (χ4n) is 2.42. The Balaban J connectivity index is 1.73. The van der Waals surface area contributed by atoms with Gasteiger partial charge in [-0.15, -0.1) is 0 Å². The minimum atomic E-state index is 0.411. The molecule has 106 valence electrons. The van der Waals surface area contributed by atoms with E-state index >= 15 is 0 Å². The lowest BCUT2D eigenvalue weighted by molar-refractivity contribution is 0.356. The second-order valence-corrected chi connectivity index (χ2v) is 5.96. The number of aryl methyl sites for hydroxylation is 1. The summed E-state index contributed by atoms with van der Waals surface area (Å²) in [5.74, 6) is 1.38. The van der Waals surface area contributed by atoms with Crippen LogP contribution < -0.4 is 10.5 Å². The molecule has 6 nitrogen and oxygen atoms in total. The van der Waals surface area contributed by atoms with Crippen molar-refractivity contribution in [1.29, 1.82) is 0 Å². The number of aromatic nitrogens is 4. The second-order valence-electron chi connectivity index (χ2n) is 4.93. The van der Waals surface area contributed by atoms with E-state index in [0.29, 0.717) is 17.0 Å². The molecule has 3 heterocycles. The van der Waals surface area contributed by atoms with Crippen LogP contribution in [0.2, 0.25) is 0 Å². The summed E-state index contributed by atoms with van der Waals surface area (Å²) < 4.78 is 5.62. The molecule has 0 radical (unpaired) electrons. The standard InChI is InChI=1S/C14H13N5OS/c1-7-4-8-2-3-20-9(8)5-10(7)21-14-18-11-12(15)16-6-17-13(11)19-14/h4-6H,2-3H2,1H3,(H3,15,16,17,18,19). The maximum Gasteiger partial charge on any atom is 0.183 e. The van der Waals surface area contributed by atoms with E-state index in [0.717, 1.165) is 28.8 Å². The van der Waals surface area contributed by atoms with E-state index in [1.165, 1.54) is 17.5 Å². The number of hydrogen-bond donors (Lipinski definition) is 2. The molecule has 0 atom stereocenters. The lowest BCUT2D eigenvalue weighted by Gasteiger charge is -2.06. The first-order valence-corrected chi connectivity index (χ1v) is 7.43. The Morgan fingerprint density at radius 3 is 3.10 bits per heavy atom. The number of imidazole rings is 1. The molecular weight excluding hydrogens is 286 g/mol. The molecule has 0 amide bonds. The highest BCUT2D eigenvalue weighted by Gasteiger charge is 2.16. The van der Waals surface area contributed by atoms with Gasteiger partial charge in [0.25, 0.3) is 0 Å². The molecule has 0 saturated carbocycles. The number of aromatic amines is 1. The van der Waals surface area contributed by atoms with Crippen molar-refractivity contribution in [2.24, 2.45) is 0 Å². The summed E-state index contributed by atoms with van der Waals surface area (Å²) in [7, 11) is 0. The van der Waals surface area contributed by atoms with Gasteiger partial charge < -0.3 is 15.5 Å². The van der Waals surface area contributed by atoms with Crippen LogP contribution in [0.3, 0.4) is 0 Å². The molecule has 0 aliphatic carbocycles. The van der Waals surface area contributed by atoms with Gasteiger partial charge in [0.1, 0.15) is 17.6 Å². The minimum absolute atomic E-state index is 0.411. The first kappa shape index (κ1) is 12.5. The average Bonchev–Trinajstić information content (AvgIpc) is 3.06. The molecule has 1 aliphatic heterocycles. The van der Waals surface area contributed by atoms with Crippen LogP contribution in [0, 0.1) is 6.92 Å². The van der Waals surface area contributed by atoms with Crippen molar-refractivity contribution in [2.45, 2.75) is 23.4 Å². The highest BCUT2D eigenvalue weighted by Crippen LogP contribution is 2.36. The summed E-state index contributed by atoms with van der Waals surface area (Å²) in [6.45, 7) is 2.86. The molecule has 0 unspecified atom stereocenters. The predicted molar refractivity (Wildman–Crippen MR) is 80.6 cm³/mol. The van der Waals surface area contributed by atoms with Crippen molar-refractivity contribution >= 4 is 28.7 Å². The number of hydrogen-bond acceptors (Lipinski definition) is 6. The number of rotatable bonds is 2. The summed E-state index contributed by atoms with van der Waals surface area (Å²) >= 11 is 1.54. The first-order chi connectivity index (χ1) is 10.2. The Labute approximate surface area is 125 Å². The van der Waals surface area contributed by atoms with Gasteiger partial charge in [0.05, 0.1) is 6.61 Å². The van der Waals surface area contributed by atoms with Gasteiger partial charge in [0.2, 0.25) is 0 Å². The van der Waals surface area contributed by atoms with Gasteiger partial charge in [0.15, 0.2) is 16.6 Å². The number of nitrogen functional groups attached to an aromatic ring is 1. The largest absolute Gasteiger partial charge is 0.493 e. The van der Waals surface area contributed by atoms with Crippen LogP contribution in [0.4, 0.5) is 5.82 Å². The van der Waals surface area contributed by atoms with Gasteiger partial charge in [-0.3, -0.25) is 0 Å². The molecule has 1 aromatic carbocycles. The third-order valence-corrected chi connectivity index (χ3v) is 4.54. The first-order valence-electron chi connectivity index (χ1n) is 6.61. The lowest BCUT2D eigenvalue weighted by atomic mass is 10.1. The van der Waals surface area contributed by atoms with Gasteiger partial charge in [-0.25, -0.2) is 15.0 Å². The van der Waals surface area contributed by atoms with E-state index in [-0.39, 0.29) is 0 Å². The van der Waals surface area contributed by atoms with Crippen molar-refractivity contribution < 1.29 is 4.74 Å². The van der Waals surface area contributed by atoms with Crippen LogP contribution in [0.15, 0.2) is 28.5 Å². The molecule has 0 spiro atoms. The number of fused-ring (bicyclic) bond motifs is 2. The number of nitrogens with one attached hydrogen (secondary N) is 1. The minimum Gasteiger partial charge on any atom is -0.493 e. The zero-order valence-electron chi connectivity index (χ0n) is 11.4. The van der Waals surface area contributed by atoms with E-state index in [1.807, 2.05) is 0 Å². The molecule has 0 saturated heterocycles. The molecule has 3 N–H and O–H groups in total. The number of anilines is 1. The smallest absolute Gasteiger partial charge is 0.183 e. The Bertz CT molecular complexity index is 845. The van der Waals surface area contributed by atoms with Crippen LogP contribution in [-0.4, -0.2) is 26.5 Å². The quantitative estimate of drug-likeness (QED) is 0.755. The molecule has 1 aliphatic rings. The fraction of sp³-hybridized carbons (Fsp3) is 0.214. The van der Waals surface area contributed by atoms with Gasteiger partial charge in [-0.2, -0.15) is 0 Å². The van der Waals surface area contributed by atoms with Crippen molar-refractivity contribution in [3.8, 4) is 5.75 Å². The second kappa shape index (κ2) is 4.63. The maximum atomic E-state index is 5.81. The normalized spacial score (nSPS) is 13.4. The topological polar surface area (TPSA) is 89.7 Å². The number of nitrogens with two attached hydrogens (primary N) is 1. The third-order valence-electron chi connectivity index (χ3n) is 3.49. The molecule has 4 rings (SSSR count). The van der Waals surface area contributed by atoms with E-state index < -0.39 is 0 Å². The molecule has 3 aromatic rings. The van der Waals surface area contributed by atoms with E-state index in [2.05, 4.69) is 39.0 Å². The van der Waals surface area contributed by atoms with Crippen LogP contribution >= 0.6 is 11.8 Å². The molecule has 0 fully saturated rings. The summed E-state index contributed by atoms with van der Waals surface area (Å²) in [4.78, 5) is 16.8. The Kier molecular flexibility index (Phi) is 2.75. The predicted octanol–water partition coefficient (Wildman–Crippen LogP) is 2.33. The Morgan fingerprint density at radius 2 is 2.24 bits per heavy atom. The molecule has 2 aromatic heterocycles. The maximum absolute atomic E-state index is 5.81. The molecule has 21 heavy (non-hydrogen) atoms. The number of benzene rings is 1. The Hall–Kier alpha value is -2.28. The van der Waals surface area contributed by atoms with E-state index in [1.54, 1.807) is 11.8 Å². The number of ether oxygens (including phenoxy) is 1. The summed E-state index contributed by atoms with van der Waals surface area (Å²) in [6, 6.07) is 4.26. The Morgan fingerprint density at radius 1 is 1.33 bits per heavy atom. The van der Waals surface area contributed by atoms with Crippen molar-refractivity contribution in [3.63, 3.8) is 0 Å². The summed E-state index contributed by atoms with van der Waals surface area (Å²) in [6.07, 6.45) is 2.40. The van der Waals surface area contributed by atoms with Crippen molar-refractivity contribution in [3.05, 3.63) is 29.6 Å². The van der Waals surface area contributed by atoms with Gasteiger partial charge in [0, 0.05) is 11.3 Å². The van der Waals surface area contributed by atoms with Crippen LogP contribution in [0.1, 0.15) is 11.1 Å². The SMILES string of the molecule is Cc1cc2c(cc1Sc1nc3ncnc(N)c3[nH]1)OCC2. The van der Waals surface area contributed by atoms with Crippen molar-refractivity contribution in [2.75, 3.05) is 12.3 Å². The van der Waals surface area contributed by atoms with Gasteiger partial charge >= 0.3 is 0 Å². The molecule has 7 heteroatoms. The van der Waals surface area contributed by atoms with Crippen LogP contribution in [0.25, 0.3) is 11.2 Å².